The lowest BCUT2D eigenvalue weighted by Gasteiger charge is -2.14. The van der Waals surface area contributed by atoms with Crippen LogP contribution < -0.4 is 0 Å². The molecule has 0 saturated carbocycles. The van der Waals surface area contributed by atoms with Gasteiger partial charge in [0.05, 0.1) is 11.4 Å². The summed E-state index contributed by atoms with van der Waals surface area (Å²) in [5.74, 6) is 0.148. The van der Waals surface area contributed by atoms with Gasteiger partial charge in [0.15, 0.2) is 12.1 Å². The quantitative estimate of drug-likeness (QED) is 0.585. The first-order chi connectivity index (χ1) is 5.83. The van der Waals surface area contributed by atoms with E-state index in [0.717, 1.165) is 19.3 Å². The van der Waals surface area contributed by atoms with E-state index in [4.69, 9.17) is 0 Å². The standard InChI is InChI=1S/C9H9NO2/c11-6-7-3-4-8-9(12)2-1-5-10(7)8/h3-4,6H,1-2,5H2. The van der Waals surface area contributed by atoms with Crippen LogP contribution in [0.3, 0.4) is 0 Å². The third kappa shape index (κ3) is 0.897. The fourth-order valence-corrected chi connectivity index (χ4v) is 1.61. The van der Waals surface area contributed by atoms with E-state index in [1.165, 1.54) is 0 Å². The highest BCUT2D eigenvalue weighted by Gasteiger charge is 2.18. The molecule has 2 heterocycles. The number of nitrogens with zero attached hydrogens (tertiary/aromatic N) is 1. The molecule has 0 amide bonds. The van der Waals surface area contributed by atoms with E-state index in [2.05, 4.69) is 0 Å². The van der Waals surface area contributed by atoms with Crippen LogP contribution in [0.5, 0.6) is 0 Å². The number of fused-ring (bicyclic) bond motifs is 1. The third-order valence-corrected chi connectivity index (χ3v) is 2.21. The number of aromatic nitrogens is 1. The van der Waals surface area contributed by atoms with Gasteiger partial charge in [-0.1, -0.05) is 0 Å². The molecule has 62 valence electrons. The van der Waals surface area contributed by atoms with Crippen LogP contribution in [0.4, 0.5) is 0 Å². The highest BCUT2D eigenvalue weighted by atomic mass is 16.1. The fraction of sp³-hybridized carbons (Fsp3) is 0.333. The molecule has 0 atom stereocenters. The summed E-state index contributed by atoms with van der Waals surface area (Å²) in [6.07, 6.45) is 2.26. The molecule has 0 radical (unpaired) electrons. The van der Waals surface area contributed by atoms with Gasteiger partial charge in [0.25, 0.3) is 0 Å². The van der Waals surface area contributed by atoms with Gasteiger partial charge in [0, 0.05) is 13.0 Å². The maximum absolute atomic E-state index is 11.3. The molecule has 12 heavy (non-hydrogen) atoms. The maximum atomic E-state index is 11.3. The Morgan fingerprint density at radius 2 is 2.25 bits per heavy atom. The van der Waals surface area contributed by atoms with E-state index in [1.54, 1.807) is 16.7 Å². The number of hydrogen-bond donors (Lipinski definition) is 0. The minimum absolute atomic E-state index is 0.148. The summed E-state index contributed by atoms with van der Waals surface area (Å²) in [6.45, 7) is 0.794. The van der Waals surface area contributed by atoms with Crippen molar-refractivity contribution < 1.29 is 9.59 Å². The van der Waals surface area contributed by atoms with Crippen LogP contribution in [-0.4, -0.2) is 16.6 Å². The van der Waals surface area contributed by atoms with Crippen molar-refractivity contribution in [3.8, 4) is 0 Å². The van der Waals surface area contributed by atoms with Crippen molar-refractivity contribution in [2.45, 2.75) is 19.4 Å². The van der Waals surface area contributed by atoms with Crippen LogP contribution in [0, 0.1) is 0 Å². The van der Waals surface area contributed by atoms with Crippen LogP contribution >= 0.6 is 0 Å². The summed E-state index contributed by atoms with van der Waals surface area (Å²) < 4.78 is 1.79. The Morgan fingerprint density at radius 3 is 3.00 bits per heavy atom. The summed E-state index contributed by atoms with van der Waals surface area (Å²) in [5, 5.41) is 0. The molecule has 3 heteroatoms. The minimum Gasteiger partial charge on any atom is -0.336 e. The number of carbonyl (C=O) groups is 2. The molecule has 0 spiro atoms. The van der Waals surface area contributed by atoms with Crippen LogP contribution in [0.25, 0.3) is 0 Å². The van der Waals surface area contributed by atoms with Crippen LogP contribution in [0.15, 0.2) is 12.1 Å². The Hall–Kier alpha value is -1.38. The first kappa shape index (κ1) is 7.28. The predicted molar refractivity (Wildman–Crippen MR) is 43.4 cm³/mol. The number of ketones is 1. The maximum Gasteiger partial charge on any atom is 0.179 e. The smallest absolute Gasteiger partial charge is 0.179 e. The van der Waals surface area contributed by atoms with Gasteiger partial charge in [-0.3, -0.25) is 9.59 Å². The number of carbonyl (C=O) groups excluding carboxylic acids is 2. The first-order valence-electron chi connectivity index (χ1n) is 4.01. The lowest BCUT2D eigenvalue weighted by molar-refractivity contribution is 0.0954. The van der Waals surface area contributed by atoms with Gasteiger partial charge in [-0.15, -0.1) is 0 Å². The zero-order valence-electron chi connectivity index (χ0n) is 6.62. The van der Waals surface area contributed by atoms with E-state index >= 15 is 0 Å². The van der Waals surface area contributed by atoms with Gasteiger partial charge in [-0.2, -0.15) is 0 Å². The molecule has 0 unspecified atom stereocenters. The van der Waals surface area contributed by atoms with Gasteiger partial charge >= 0.3 is 0 Å². The zero-order valence-corrected chi connectivity index (χ0v) is 6.62. The molecule has 1 aromatic rings. The third-order valence-electron chi connectivity index (χ3n) is 2.21. The monoisotopic (exact) mass is 163 g/mol. The lowest BCUT2D eigenvalue weighted by Crippen LogP contribution is -2.17. The SMILES string of the molecule is O=Cc1ccc2n1CCCC2=O. The molecule has 0 bridgehead atoms. The van der Waals surface area contributed by atoms with Crippen LogP contribution in [0.2, 0.25) is 0 Å². The summed E-state index contributed by atoms with van der Waals surface area (Å²) in [5.41, 5.74) is 1.29. The van der Waals surface area contributed by atoms with Crippen molar-refractivity contribution in [3.63, 3.8) is 0 Å². The van der Waals surface area contributed by atoms with E-state index in [0.29, 0.717) is 17.8 Å². The molecule has 1 aliphatic rings. The molecule has 0 saturated heterocycles. The number of hydrogen-bond acceptors (Lipinski definition) is 2. The van der Waals surface area contributed by atoms with E-state index in [9.17, 15) is 9.59 Å². The molecule has 1 aliphatic heterocycles. The van der Waals surface area contributed by atoms with Crippen LogP contribution in [-0.2, 0) is 6.54 Å². The molecule has 2 rings (SSSR count). The largest absolute Gasteiger partial charge is 0.336 e. The number of Topliss-reactive ketones (excluding diaryl/α,β-unsaturated/α-hetero) is 1. The summed E-state index contributed by atoms with van der Waals surface area (Å²) in [7, 11) is 0. The van der Waals surface area contributed by atoms with Crippen molar-refractivity contribution >= 4 is 12.1 Å². The second kappa shape index (κ2) is 2.59. The molecule has 0 aromatic carbocycles. The Bertz CT molecular complexity index is 338. The van der Waals surface area contributed by atoms with E-state index in [1.807, 2.05) is 0 Å². The van der Waals surface area contributed by atoms with Crippen molar-refractivity contribution in [3.05, 3.63) is 23.5 Å². The average Bonchev–Trinajstić information content (AvgIpc) is 2.49. The van der Waals surface area contributed by atoms with Crippen molar-refractivity contribution in [1.29, 1.82) is 0 Å². The fourth-order valence-electron chi connectivity index (χ4n) is 1.61. The molecule has 0 N–H and O–H groups in total. The van der Waals surface area contributed by atoms with Crippen molar-refractivity contribution in [1.82, 2.24) is 4.57 Å². The van der Waals surface area contributed by atoms with Crippen LogP contribution in [0.1, 0.15) is 33.8 Å². The van der Waals surface area contributed by atoms with Gasteiger partial charge in [-0.05, 0) is 18.6 Å². The second-order valence-electron chi connectivity index (χ2n) is 2.94. The van der Waals surface area contributed by atoms with Crippen molar-refractivity contribution in [2.75, 3.05) is 0 Å². The summed E-state index contributed by atoms with van der Waals surface area (Å²) >= 11 is 0. The number of rotatable bonds is 1. The molecule has 0 aliphatic carbocycles. The van der Waals surface area contributed by atoms with Gasteiger partial charge < -0.3 is 4.57 Å². The second-order valence-corrected chi connectivity index (χ2v) is 2.94. The minimum atomic E-state index is 0.148. The molecular formula is C9H9NO2. The Balaban J connectivity index is 2.54. The highest BCUT2D eigenvalue weighted by molar-refractivity contribution is 5.96. The molecule has 3 nitrogen and oxygen atoms in total. The Morgan fingerprint density at radius 1 is 1.42 bits per heavy atom. The lowest BCUT2D eigenvalue weighted by atomic mass is 10.1. The van der Waals surface area contributed by atoms with E-state index < -0.39 is 0 Å². The molecule has 1 aromatic heterocycles. The van der Waals surface area contributed by atoms with E-state index in [-0.39, 0.29) is 5.78 Å². The Labute approximate surface area is 70.0 Å². The molecule has 0 fully saturated rings. The summed E-state index contributed by atoms with van der Waals surface area (Å²) in [4.78, 5) is 21.8. The van der Waals surface area contributed by atoms with Gasteiger partial charge in [-0.25, -0.2) is 0 Å². The predicted octanol–water partition coefficient (Wildman–Crippen LogP) is 1.28. The normalized spacial score (nSPS) is 15.8. The average molecular weight is 163 g/mol. The van der Waals surface area contributed by atoms with Gasteiger partial charge in [0.2, 0.25) is 0 Å². The molecular weight excluding hydrogens is 154 g/mol. The van der Waals surface area contributed by atoms with Crippen molar-refractivity contribution in [2.24, 2.45) is 0 Å². The van der Waals surface area contributed by atoms with Gasteiger partial charge in [0.1, 0.15) is 0 Å². The highest BCUT2D eigenvalue weighted by Crippen LogP contribution is 2.17. The number of aldehydes is 1. The first-order valence-corrected chi connectivity index (χ1v) is 4.01. The zero-order chi connectivity index (χ0) is 8.55. The summed E-state index contributed by atoms with van der Waals surface area (Å²) in [6, 6.07) is 3.43. The topological polar surface area (TPSA) is 39.1 Å². The Kier molecular flexibility index (Phi) is 1.57.